The van der Waals surface area contributed by atoms with Crippen molar-refractivity contribution in [1.82, 2.24) is 9.97 Å². The molecule has 0 saturated carbocycles. The van der Waals surface area contributed by atoms with Crippen LogP contribution < -0.4 is 10.2 Å². The number of anilines is 2. The Bertz CT molecular complexity index is 1050. The molecule has 1 saturated heterocycles. The molecule has 5 rings (SSSR count). The van der Waals surface area contributed by atoms with Gasteiger partial charge in [-0.25, -0.2) is 9.97 Å². The number of fused-ring (bicyclic) bond motifs is 1. The summed E-state index contributed by atoms with van der Waals surface area (Å²) in [4.78, 5) is 24.6. The van der Waals surface area contributed by atoms with Crippen LogP contribution in [0.25, 0.3) is 11.3 Å². The molecule has 1 aromatic heterocycles. The fourth-order valence-corrected chi connectivity index (χ4v) is 4.10. The topological polar surface area (TPSA) is 58.1 Å². The first-order valence-corrected chi connectivity index (χ1v) is 10.3. The number of aromatic nitrogens is 2. The fourth-order valence-electron chi connectivity index (χ4n) is 4.10. The number of carbonyl (C=O) groups excluding carboxylic acids is 1. The van der Waals surface area contributed by atoms with Gasteiger partial charge in [0.25, 0.3) is 5.91 Å². The maximum absolute atomic E-state index is 12.5. The van der Waals surface area contributed by atoms with Crippen molar-refractivity contribution in [2.75, 3.05) is 16.8 Å². The van der Waals surface area contributed by atoms with Gasteiger partial charge in [0, 0.05) is 40.7 Å². The molecule has 1 aliphatic heterocycles. The Morgan fingerprint density at radius 2 is 1.83 bits per heavy atom. The molecule has 2 aromatic carbocycles. The number of rotatable bonds is 4. The van der Waals surface area contributed by atoms with Gasteiger partial charge in [0.1, 0.15) is 0 Å². The summed E-state index contributed by atoms with van der Waals surface area (Å²) in [6, 6.07) is 17.8. The van der Waals surface area contributed by atoms with Crippen LogP contribution >= 0.6 is 0 Å². The Balaban J connectivity index is 1.43. The summed E-state index contributed by atoms with van der Waals surface area (Å²) in [6.07, 6.45) is 4.38. The molecule has 1 atom stereocenters. The Morgan fingerprint density at radius 1 is 1.03 bits per heavy atom. The predicted octanol–water partition coefficient (Wildman–Crippen LogP) is 4.48. The highest BCUT2D eigenvalue weighted by Crippen LogP contribution is 2.34. The van der Waals surface area contributed by atoms with Crippen LogP contribution in [0.3, 0.4) is 0 Å². The van der Waals surface area contributed by atoms with Crippen LogP contribution in [-0.2, 0) is 12.8 Å². The van der Waals surface area contributed by atoms with Gasteiger partial charge in [0.2, 0.25) is 5.95 Å². The summed E-state index contributed by atoms with van der Waals surface area (Å²) in [7, 11) is 0. The van der Waals surface area contributed by atoms with Crippen LogP contribution in [0.15, 0.2) is 54.6 Å². The maximum Gasteiger partial charge on any atom is 0.255 e. The van der Waals surface area contributed by atoms with Gasteiger partial charge < -0.3 is 10.2 Å². The number of amides is 1. The smallest absolute Gasteiger partial charge is 0.255 e. The summed E-state index contributed by atoms with van der Waals surface area (Å²) in [6.45, 7) is 3.25. The lowest BCUT2D eigenvalue weighted by atomic mass is 10.0. The number of aryl methyl sites for hydroxylation is 1. The molecule has 1 fully saturated rings. The fraction of sp³-hybridized carbons (Fsp3) is 0.292. The molecule has 146 valence electrons. The molecule has 1 N–H and O–H groups in total. The van der Waals surface area contributed by atoms with Crippen LogP contribution in [-0.4, -0.2) is 28.5 Å². The zero-order valence-corrected chi connectivity index (χ0v) is 16.6. The third kappa shape index (κ3) is 3.37. The minimum absolute atomic E-state index is 0.106. The standard InChI is InChI=1S/C24H24N4O/c1-16-14-15-28(16)24-26-21-9-5-8-20(21)22(27-24)17-10-12-18(13-11-17)23(29)25-19-6-3-2-4-7-19/h2-4,6-7,10-13,16H,5,8-9,14-15H2,1H3,(H,25,29)/t16-/m0/s1. The number of hydrogen-bond donors (Lipinski definition) is 1. The largest absolute Gasteiger partial charge is 0.338 e. The molecule has 1 aliphatic carbocycles. The zero-order valence-electron chi connectivity index (χ0n) is 16.6. The van der Waals surface area contributed by atoms with Gasteiger partial charge >= 0.3 is 0 Å². The number of carbonyl (C=O) groups is 1. The molecule has 0 bridgehead atoms. The van der Waals surface area contributed by atoms with Crippen molar-refractivity contribution in [3.63, 3.8) is 0 Å². The number of nitrogens with zero attached hydrogens (tertiary/aromatic N) is 3. The molecular weight excluding hydrogens is 360 g/mol. The molecule has 1 amide bonds. The highest BCUT2D eigenvalue weighted by atomic mass is 16.1. The van der Waals surface area contributed by atoms with Crippen molar-refractivity contribution in [3.8, 4) is 11.3 Å². The third-order valence-corrected chi connectivity index (χ3v) is 5.95. The van der Waals surface area contributed by atoms with Gasteiger partial charge in [-0.1, -0.05) is 30.3 Å². The number of hydrogen-bond acceptors (Lipinski definition) is 4. The summed E-state index contributed by atoms with van der Waals surface area (Å²) in [5, 5.41) is 2.93. The molecule has 0 spiro atoms. The van der Waals surface area contributed by atoms with Gasteiger partial charge in [0.05, 0.1) is 5.69 Å². The molecule has 2 heterocycles. The van der Waals surface area contributed by atoms with Crippen molar-refractivity contribution in [2.45, 2.75) is 38.6 Å². The van der Waals surface area contributed by atoms with E-state index >= 15 is 0 Å². The van der Waals surface area contributed by atoms with Gasteiger partial charge in [-0.05, 0) is 56.9 Å². The SMILES string of the molecule is C[C@H]1CCN1c1nc2c(c(-c3ccc(C(=O)Nc4ccccc4)cc3)n1)CCC2. The van der Waals surface area contributed by atoms with Crippen LogP contribution in [0.5, 0.6) is 0 Å². The first kappa shape index (κ1) is 17.9. The third-order valence-electron chi connectivity index (χ3n) is 5.95. The van der Waals surface area contributed by atoms with Crippen LogP contribution in [0, 0.1) is 0 Å². The van der Waals surface area contributed by atoms with E-state index in [-0.39, 0.29) is 5.91 Å². The molecule has 2 aliphatic rings. The van der Waals surface area contributed by atoms with Crippen molar-refractivity contribution >= 4 is 17.5 Å². The number of para-hydroxylation sites is 1. The van der Waals surface area contributed by atoms with Gasteiger partial charge in [-0.15, -0.1) is 0 Å². The lowest BCUT2D eigenvalue weighted by Gasteiger charge is -2.39. The second-order valence-electron chi connectivity index (χ2n) is 7.88. The molecule has 29 heavy (non-hydrogen) atoms. The molecule has 5 nitrogen and oxygen atoms in total. The average Bonchev–Trinajstić information content (AvgIpc) is 3.21. The van der Waals surface area contributed by atoms with E-state index in [0.29, 0.717) is 11.6 Å². The Labute approximate surface area is 170 Å². The first-order valence-electron chi connectivity index (χ1n) is 10.3. The van der Waals surface area contributed by atoms with E-state index < -0.39 is 0 Å². The summed E-state index contributed by atoms with van der Waals surface area (Å²) < 4.78 is 0. The van der Waals surface area contributed by atoms with E-state index in [9.17, 15) is 4.79 Å². The Hall–Kier alpha value is -3.21. The van der Waals surface area contributed by atoms with E-state index in [2.05, 4.69) is 17.1 Å². The van der Waals surface area contributed by atoms with Crippen molar-refractivity contribution in [1.29, 1.82) is 0 Å². The van der Waals surface area contributed by atoms with Crippen LogP contribution in [0.1, 0.15) is 41.4 Å². The minimum Gasteiger partial charge on any atom is -0.338 e. The monoisotopic (exact) mass is 384 g/mol. The van der Waals surface area contributed by atoms with Crippen LogP contribution in [0.4, 0.5) is 11.6 Å². The van der Waals surface area contributed by atoms with Crippen molar-refractivity contribution in [3.05, 3.63) is 71.4 Å². The van der Waals surface area contributed by atoms with Gasteiger partial charge in [-0.2, -0.15) is 0 Å². The number of nitrogens with one attached hydrogen (secondary N) is 1. The molecular formula is C24H24N4O. The highest BCUT2D eigenvalue weighted by molar-refractivity contribution is 6.04. The first-order chi connectivity index (χ1) is 14.2. The number of benzene rings is 2. The summed E-state index contributed by atoms with van der Waals surface area (Å²) in [5.74, 6) is 0.746. The quantitative estimate of drug-likeness (QED) is 0.720. The highest BCUT2D eigenvalue weighted by Gasteiger charge is 2.29. The Morgan fingerprint density at radius 3 is 2.52 bits per heavy atom. The summed E-state index contributed by atoms with van der Waals surface area (Å²) in [5.41, 5.74) is 5.97. The van der Waals surface area contributed by atoms with Gasteiger partial charge in [0.15, 0.2) is 0 Å². The van der Waals surface area contributed by atoms with Crippen molar-refractivity contribution < 1.29 is 4.79 Å². The molecule has 3 aromatic rings. The van der Waals surface area contributed by atoms with E-state index in [1.807, 2.05) is 54.6 Å². The normalized spacial score (nSPS) is 17.6. The van der Waals surface area contributed by atoms with Crippen molar-refractivity contribution in [2.24, 2.45) is 0 Å². The van der Waals surface area contributed by atoms with Gasteiger partial charge in [-0.3, -0.25) is 4.79 Å². The molecule has 5 heteroatoms. The lowest BCUT2D eigenvalue weighted by Crippen LogP contribution is -2.46. The molecule has 0 radical (unpaired) electrons. The second-order valence-corrected chi connectivity index (χ2v) is 7.88. The maximum atomic E-state index is 12.5. The second kappa shape index (κ2) is 7.32. The minimum atomic E-state index is -0.106. The lowest BCUT2D eigenvalue weighted by molar-refractivity contribution is 0.102. The van der Waals surface area contributed by atoms with Crippen LogP contribution in [0.2, 0.25) is 0 Å². The molecule has 0 unspecified atom stereocenters. The van der Waals surface area contributed by atoms with E-state index in [1.54, 1.807) is 0 Å². The Kier molecular flexibility index (Phi) is 4.51. The summed E-state index contributed by atoms with van der Waals surface area (Å²) >= 11 is 0. The average molecular weight is 384 g/mol. The van der Waals surface area contributed by atoms with E-state index in [0.717, 1.165) is 48.7 Å². The zero-order chi connectivity index (χ0) is 19.8. The predicted molar refractivity (Wildman–Crippen MR) is 115 cm³/mol. The van der Waals surface area contributed by atoms with E-state index in [1.165, 1.54) is 17.7 Å². The van der Waals surface area contributed by atoms with E-state index in [4.69, 9.17) is 9.97 Å².